The quantitative estimate of drug-likeness (QED) is 0.292. The van der Waals surface area contributed by atoms with Crippen LogP contribution < -0.4 is 0 Å². The summed E-state index contributed by atoms with van der Waals surface area (Å²) in [7, 11) is 5.53. The van der Waals surface area contributed by atoms with Crippen LogP contribution in [0.5, 0.6) is 0 Å². The van der Waals surface area contributed by atoms with Crippen molar-refractivity contribution in [1.29, 1.82) is 0 Å². The molecule has 0 aliphatic heterocycles. The van der Waals surface area contributed by atoms with Gasteiger partial charge in [0.1, 0.15) is 11.4 Å². The van der Waals surface area contributed by atoms with E-state index in [4.69, 9.17) is 18.3 Å². The zero-order valence-electron chi connectivity index (χ0n) is 8.77. The summed E-state index contributed by atoms with van der Waals surface area (Å²) in [5.41, 5.74) is 0.625. The summed E-state index contributed by atoms with van der Waals surface area (Å²) in [5, 5.41) is 21.6. The van der Waals surface area contributed by atoms with E-state index in [0.717, 1.165) is 0 Å². The van der Waals surface area contributed by atoms with Crippen LogP contribution in [-0.4, -0.2) is 29.7 Å². The third-order valence-corrected chi connectivity index (χ3v) is 2.22. The molecule has 0 aromatic rings. The van der Waals surface area contributed by atoms with Gasteiger partial charge in [-0.15, -0.1) is 0 Å². The van der Waals surface area contributed by atoms with Crippen molar-refractivity contribution in [3.8, 4) is 0 Å². The van der Waals surface area contributed by atoms with Crippen LogP contribution in [-0.2, 0) is 0 Å². The van der Waals surface area contributed by atoms with Crippen molar-refractivity contribution >= 4 is 19.3 Å². The Labute approximate surface area is 86.1 Å². The average Bonchev–Trinajstić information content (AvgIpc) is 2.67. The van der Waals surface area contributed by atoms with Crippen LogP contribution in [0.25, 0.3) is 0 Å². The van der Waals surface area contributed by atoms with E-state index < -0.39 is 0 Å². The van der Waals surface area contributed by atoms with Crippen LogP contribution >= 0.6 is 0 Å². The summed E-state index contributed by atoms with van der Waals surface area (Å²) in [6.45, 7) is 3.07. The summed E-state index contributed by atoms with van der Waals surface area (Å²) in [6.07, 6.45) is 5.25. The van der Waals surface area contributed by atoms with E-state index in [-0.39, 0.29) is 0 Å². The molecular formula is C9H17BN2O2. The van der Waals surface area contributed by atoms with Gasteiger partial charge >= 0.3 is 0 Å². The SMILES string of the molecule is CC(=NO)C(C)=NO.[B]C1CCCC1. The second-order valence-corrected chi connectivity index (χ2v) is 3.42. The van der Waals surface area contributed by atoms with E-state index in [1.807, 2.05) is 0 Å². The van der Waals surface area contributed by atoms with E-state index in [0.29, 0.717) is 17.2 Å². The number of nitrogens with zero attached hydrogens (tertiary/aromatic N) is 2. The Morgan fingerprint density at radius 2 is 1.43 bits per heavy atom. The highest BCUT2D eigenvalue weighted by Gasteiger charge is 2.06. The first kappa shape index (κ1) is 13.0. The van der Waals surface area contributed by atoms with Gasteiger partial charge < -0.3 is 10.4 Å². The van der Waals surface area contributed by atoms with Gasteiger partial charge in [-0.3, -0.25) is 0 Å². The molecule has 0 atom stereocenters. The smallest absolute Gasteiger partial charge is 0.101 e. The Hall–Kier alpha value is -0.995. The van der Waals surface area contributed by atoms with Crippen molar-refractivity contribution in [3.63, 3.8) is 0 Å². The second kappa shape index (κ2) is 7.41. The van der Waals surface area contributed by atoms with Gasteiger partial charge in [0, 0.05) is 0 Å². The lowest BCUT2D eigenvalue weighted by Gasteiger charge is -1.91. The molecule has 2 N–H and O–H groups in total. The lowest BCUT2D eigenvalue weighted by molar-refractivity contribution is 0.313. The van der Waals surface area contributed by atoms with Gasteiger partial charge in [-0.25, -0.2) is 0 Å². The van der Waals surface area contributed by atoms with E-state index in [9.17, 15) is 0 Å². The fourth-order valence-corrected chi connectivity index (χ4v) is 1.10. The maximum atomic E-state index is 8.03. The molecule has 5 heteroatoms. The average molecular weight is 196 g/mol. The minimum Gasteiger partial charge on any atom is -0.411 e. The summed E-state index contributed by atoms with van der Waals surface area (Å²) in [5.74, 6) is 0.546. The molecule has 1 saturated carbocycles. The van der Waals surface area contributed by atoms with Crippen LogP contribution in [0.1, 0.15) is 39.5 Å². The molecule has 0 amide bonds. The Bertz CT molecular complexity index is 195. The highest BCUT2D eigenvalue weighted by molar-refractivity contribution is 6.40. The summed E-state index contributed by atoms with van der Waals surface area (Å²) in [6, 6.07) is 0. The van der Waals surface area contributed by atoms with Crippen molar-refractivity contribution in [1.82, 2.24) is 0 Å². The number of rotatable bonds is 1. The van der Waals surface area contributed by atoms with Gasteiger partial charge in [-0.1, -0.05) is 41.8 Å². The molecule has 0 saturated heterocycles. The van der Waals surface area contributed by atoms with Crippen LogP contribution in [0.15, 0.2) is 10.3 Å². The van der Waals surface area contributed by atoms with Crippen molar-refractivity contribution < 1.29 is 10.4 Å². The molecule has 0 heterocycles. The minimum absolute atomic E-state index is 0.313. The molecule has 0 aromatic heterocycles. The fourth-order valence-electron chi connectivity index (χ4n) is 1.10. The standard InChI is InChI=1S/C5H9B.C4H8N2O2/c6-5-3-1-2-4-5;1-3(5-7)4(2)6-8/h5H,1-4H2;7-8H,1-2H3. The molecule has 1 rings (SSSR count). The summed E-state index contributed by atoms with van der Waals surface area (Å²) < 4.78 is 0. The van der Waals surface area contributed by atoms with Crippen LogP contribution in [0, 0.1) is 0 Å². The van der Waals surface area contributed by atoms with Crippen molar-refractivity contribution in [2.75, 3.05) is 0 Å². The number of hydrogen-bond donors (Lipinski definition) is 2. The Balaban J connectivity index is 0.000000249. The molecule has 1 aliphatic carbocycles. The lowest BCUT2D eigenvalue weighted by Crippen LogP contribution is -2.04. The van der Waals surface area contributed by atoms with E-state index >= 15 is 0 Å². The summed E-state index contributed by atoms with van der Waals surface area (Å²) in [4.78, 5) is 0. The minimum atomic E-state index is 0.313. The number of oxime groups is 2. The Morgan fingerprint density at radius 1 is 1.07 bits per heavy atom. The van der Waals surface area contributed by atoms with Gasteiger partial charge in [0.05, 0.1) is 7.85 Å². The van der Waals surface area contributed by atoms with Gasteiger partial charge in [0.25, 0.3) is 0 Å². The molecule has 0 unspecified atom stereocenters. The lowest BCUT2D eigenvalue weighted by atomic mass is 9.86. The first-order valence-corrected chi connectivity index (χ1v) is 4.75. The molecule has 0 spiro atoms. The second-order valence-electron chi connectivity index (χ2n) is 3.42. The highest BCUT2D eigenvalue weighted by Crippen LogP contribution is 2.26. The first-order chi connectivity index (χ1) is 6.61. The van der Waals surface area contributed by atoms with Crippen molar-refractivity contribution in [2.45, 2.75) is 45.3 Å². The van der Waals surface area contributed by atoms with E-state index in [2.05, 4.69) is 10.3 Å². The molecule has 78 valence electrons. The largest absolute Gasteiger partial charge is 0.411 e. The molecule has 0 bridgehead atoms. The first-order valence-electron chi connectivity index (χ1n) is 4.75. The molecular weight excluding hydrogens is 179 g/mol. The molecule has 14 heavy (non-hydrogen) atoms. The third kappa shape index (κ3) is 5.62. The van der Waals surface area contributed by atoms with E-state index in [1.54, 1.807) is 0 Å². The van der Waals surface area contributed by atoms with Gasteiger partial charge in [-0.05, 0) is 13.8 Å². The summed E-state index contributed by atoms with van der Waals surface area (Å²) >= 11 is 0. The zero-order valence-corrected chi connectivity index (χ0v) is 8.77. The maximum absolute atomic E-state index is 8.03. The molecule has 1 fully saturated rings. The van der Waals surface area contributed by atoms with Gasteiger partial charge in [-0.2, -0.15) is 0 Å². The monoisotopic (exact) mass is 196 g/mol. The molecule has 4 nitrogen and oxygen atoms in total. The van der Waals surface area contributed by atoms with Crippen molar-refractivity contribution in [3.05, 3.63) is 0 Å². The van der Waals surface area contributed by atoms with E-state index in [1.165, 1.54) is 39.5 Å². The predicted octanol–water partition coefficient (Wildman–Crippen LogP) is 2.20. The highest BCUT2D eigenvalue weighted by atomic mass is 16.4. The fraction of sp³-hybridized carbons (Fsp3) is 0.778. The van der Waals surface area contributed by atoms with Gasteiger partial charge in [0.2, 0.25) is 0 Å². The van der Waals surface area contributed by atoms with Crippen molar-refractivity contribution in [2.24, 2.45) is 10.3 Å². The Morgan fingerprint density at radius 3 is 1.57 bits per heavy atom. The van der Waals surface area contributed by atoms with Crippen LogP contribution in [0.2, 0.25) is 5.82 Å². The van der Waals surface area contributed by atoms with Crippen LogP contribution in [0.3, 0.4) is 0 Å². The molecule has 1 aliphatic rings. The predicted molar refractivity (Wildman–Crippen MR) is 57.8 cm³/mol. The number of hydrogen-bond acceptors (Lipinski definition) is 4. The maximum Gasteiger partial charge on any atom is 0.101 e. The third-order valence-electron chi connectivity index (χ3n) is 2.22. The molecule has 2 radical (unpaired) electrons. The zero-order chi connectivity index (χ0) is 11.0. The van der Waals surface area contributed by atoms with Crippen LogP contribution in [0.4, 0.5) is 0 Å². The topological polar surface area (TPSA) is 65.2 Å². The molecule has 0 aromatic carbocycles. The normalized spacial score (nSPS) is 19.0. The Kier molecular flexibility index (Phi) is 6.89. The van der Waals surface area contributed by atoms with Gasteiger partial charge in [0.15, 0.2) is 0 Å².